The van der Waals surface area contributed by atoms with E-state index in [1.807, 2.05) is 19.9 Å². The molecule has 0 unspecified atom stereocenters. The molecule has 0 spiro atoms. The number of phenols is 2. The molecule has 0 radical (unpaired) electrons. The van der Waals surface area contributed by atoms with Crippen LogP contribution in [0.25, 0.3) is 0 Å². The van der Waals surface area contributed by atoms with E-state index < -0.39 is 16.5 Å². The van der Waals surface area contributed by atoms with Crippen molar-refractivity contribution in [2.45, 2.75) is 105 Å². The maximum Gasteiger partial charge on any atom is 1.00 e. The van der Waals surface area contributed by atoms with Gasteiger partial charge in [-0.15, -0.1) is 0 Å². The van der Waals surface area contributed by atoms with E-state index >= 15 is 0 Å². The molecule has 39 heavy (non-hydrogen) atoms. The summed E-state index contributed by atoms with van der Waals surface area (Å²) in [5.74, 6) is 0.843. The molecule has 214 valence electrons. The van der Waals surface area contributed by atoms with Gasteiger partial charge >= 0.3 is 29.6 Å². The van der Waals surface area contributed by atoms with Gasteiger partial charge in [0.2, 0.25) is 10.4 Å². The molecule has 3 rings (SSSR count). The Bertz CT molecular complexity index is 1130. The third-order valence-electron chi connectivity index (χ3n) is 9.63. The Morgan fingerprint density at radius 3 is 2.62 bits per heavy atom. The van der Waals surface area contributed by atoms with Crippen LogP contribution in [0.1, 0.15) is 98.0 Å². The van der Waals surface area contributed by atoms with Gasteiger partial charge in [0.1, 0.15) is 11.5 Å². The Hall–Kier alpha value is -0.830. The second-order valence-electron chi connectivity index (χ2n) is 12.9. The van der Waals surface area contributed by atoms with Gasteiger partial charge in [0, 0.05) is 5.56 Å². The van der Waals surface area contributed by atoms with E-state index in [-0.39, 0.29) is 63.7 Å². The van der Waals surface area contributed by atoms with Gasteiger partial charge in [-0.05, 0) is 111 Å². The first kappa shape index (κ1) is 34.4. The first-order valence-corrected chi connectivity index (χ1v) is 15.4. The summed E-state index contributed by atoms with van der Waals surface area (Å²) in [6.07, 6.45) is 10.3. The van der Waals surface area contributed by atoms with Crippen LogP contribution in [-0.2, 0) is 21.0 Å². The number of phenolic OH excluding ortho intramolecular Hbond substituents is 2. The van der Waals surface area contributed by atoms with Crippen LogP contribution in [0.15, 0.2) is 42.0 Å². The summed E-state index contributed by atoms with van der Waals surface area (Å²) in [4.78, 5) is 0. The smallest absolute Gasteiger partial charge is 0.726 e. The van der Waals surface area contributed by atoms with Crippen molar-refractivity contribution in [3.8, 4) is 11.5 Å². The van der Waals surface area contributed by atoms with Gasteiger partial charge in [-0.3, -0.25) is 4.18 Å². The molecule has 5 atom stereocenters. The average Bonchev–Trinajstić information content (AvgIpc) is 2.79. The minimum absolute atomic E-state index is 0. The van der Waals surface area contributed by atoms with Crippen LogP contribution in [0.3, 0.4) is 0 Å². The quantitative estimate of drug-likeness (QED) is 0.134. The zero-order valence-corrected chi connectivity index (χ0v) is 27.6. The topological polar surface area (TPSA) is 107 Å². The summed E-state index contributed by atoms with van der Waals surface area (Å²) in [6, 6.07) is 4.50. The van der Waals surface area contributed by atoms with Gasteiger partial charge in [0.25, 0.3) is 0 Å². The van der Waals surface area contributed by atoms with Crippen LogP contribution in [0.4, 0.5) is 0 Å². The minimum Gasteiger partial charge on any atom is -0.726 e. The number of rotatable bonds is 11. The van der Waals surface area contributed by atoms with Gasteiger partial charge in [0.05, 0.1) is 6.10 Å². The number of fused-ring (bicyclic) bond motifs is 1. The first-order chi connectivity index (χ1) is 17.6. The van der Waals surface area contributed by atoms with Crippen molar-refractivity contribution in [3.05, 3.63) is 47.6 Å². The molecule has 0 saturated heterocycles. The Morgan fingerprint density at radius 1 is 1.26 bits per heavy atom. The second-order valence-corrected chi connectivity index (χ2v) is 13.9. The zero-order chi connectivity index (χ0) is 28.3. The predicted molar refractivity (Wildman–Crippen MR) is 151 cm³/mol. The molecule has 0 aromatic heterocycles. The first-order valence-electron chi connectivity index (χ1n) is 14.1. The molecule has 2 fully saturated rings. The fourth-order valence-corrected chi connectivity index (χ4v) is 8.04. The molecule has 2 aliphatic carbocycles. The van der Waals surface area contributed by atoms with Crippen LogP contribution in [0.2, 0.25) is 0 Å². The predicted octanol–water partition coefficient (Wildman–Crippen LogP) is 4.43. The minimum atomic E-state index is -4.83. The van der Waals surface area contributed by atoms with Crippen molar-refractivity contribution < 1.29 is 56.9 Å². The fraction of sp³-hybridized carbons (Fsp3) is 0.677. The Balaban J connectivity index is 0.00000533. The number of allylic oxidation sites excluding steroid dienone is 3. The van der Waals surface area contributed by atoms with E-state index in [1.54, 1.807) is 6.07 Å². The van der Waals surface area contributed by atoms with Crippen LogP contribution in [0, 0.1) is 28.6 Å². The molecule has 0 aliphatic heterocycles. The SMILES string of the molecule is C=C1CC[C@H]2C(C)(C)CCC[C@]2(C)[C@H]1C[C@@H](OS(=O)(=O)[O-])[C@H](C)CCC/C(C)=C/Cc1cc(O)ccc1O.[Na+]. The molecule has 8 heteroatoms. The summed E-state index contributed by atoms with van der Waals surface area (Å²) in [5.41, 5.74) is 3.24. The van der Waals surface area contributed by atoms with Crippen molar-refractivity contribution >= 4 is 10.4 Å². The van der Waals surface area contributed by atoms with E-state index in [9.17, 15) is 23.2 Å². The standard InChI is InChI=1S/C31H48O6S.Na/c1-21(11-13-24-19-25(32)14-15-27(24)33)9-7-10-23(3)28(37-38(34,35)36)20-26-22(2)12-16-29-30(4,5)17-8-18-31(26,29)6;/h11,14-15,19,23,26,28-29,32-33H,2,7-10,12-13,16-18,20H2,1,3-6H3,(H,34,35,36);/q;+1/p-1/b21-11+;/t23-,26+,28-,29+,31-;/m1./s1. The summed E-state index contributed by atoms with van der Waals surface area (Å²) >= 11 is 0. The maximum atomic E-state index is 11.7. The van der Waals surface area contributed by atoms with E-state index in [0.29, 0.717) is 24.3 Å². The Labute approximate surface area is 258 Å². The molecule has 0 bridgehead atoms. The van der Waals surface area contributed by atoms with E-state index in [4.69, 9.17) is 4.18 Å². The Kier molecular flexibility index (Phi) is 12.2. The fourth-order valence-electron chi connectivity index (χ4n) is 7.47. The molecule has 2 saturated carbocycles. The van der Waals surface area contributed by atoms with Crippen molar-refractivity contribution in [2.24, 2.45) is 28.6 Å². The Morgan fingerprint density at radius 2 is 1.95 bits per heavy atom. The molecular weight excluding hydrogens is 523 g/mol. The molecule has 2 N–H and O–H groups in total. The summed E-state index contributed by atoms with van der Waals surface area (Å²) < 4.78 is 40.4. The van der Waals surface area contributed by atoms with Crippen molar-refractivity contribution in [1.29, 1.82) is 0 Å². The number of hydrogen-bond acceptors (Lipinski definition) is 6. The molecular formula is C31H47NaO6S. The number of aromatic hydroxyl groups is 2. The zero-order valence-electron chi connectivity index (χ0n) is 24.8. The third-order valence-corrected chi connectivity index (χ3v) is 10.1. The molecule has 6 nitrogen and oxygen atoms in total. The molecule has 2 aliphatic rings. The van der Waals surface area contributed by atoms with Crippen LogP contribution in [0.5, 0.6) is 11.5 Å². The van der Waals surface area contributed by atoms with Gasteiger partial charge in [0.15, 0.2) is 0 Å². The van der Waals surface area contributed by atoms with E-state index in [1.165, 1.54) is 24.1 Å². The van der Waals surface area contributed by atoms with Crippen molar-refractivity contribution in [2.75, 3.05) is 0 Å². The third kappa shape index (κ3) is 9.08. The summed E-state index contributed by atoms with van der Waals surface area (Å²) in [5, 5.41) is 19.7. The van der Waals surface area contributed by atoms with Crippen molar-refractivity contribution in [3.63, 3.8) is 0 Å². The average molecular weight is 571 g/mol. The second kappa shape index (κ2) is 13.9. The molecule has 1 aromatic carbocycles. The molecule has 1 aromatic rings. The van der Waals surface area contributed by atoms with Gasteiger partial charge < -0.3 is 14.8 Å². The van der Waals surface area contributed by atoms with E-state index in [0.717, 1.165) is 50.5 Å². The van der Waals surface area contributed by atoms with Crippen LogP contribution < -0.4 is 29.6 Å². The van der Waals surface area contributed by atoms with E-state index in [2.05, 4.69) is 27.4 Å². The van der Waals surface area contributed by atoms with Crippen LogP contribution >= 0.6 is 0 Å². The van der Waals surface area contributed by atoms with Crippen molar-refractivity contribution in [1.82, 2.24) is 0 Å². The number of hydrogen-bond donors (Lipinski definition) is 2. The van der Waals surface area contributed by atoms with Gasteiger partial charge in [-0.25, -0.2) is 8.42 Å². The largest absolute Gasteiger partial charge is 1.00 e. The molecule has 0 heterocycles. The van der Waals surface area contributed by atoms with Gasteiger partial charge in [-0.2, -0.15) is 0 Å². The monoisotopic (exact) mass is 570 g/mol. The molecule has 0 amide bonds. The summed E-state index contributed by atoms with van der Waals surface area (Å²) in [6.45, 7) is 15.5. The van der Waals surface area contributed by atoms with Gasteiger partial charge in [-0.1, -0.05) is 57.9 Å². The van der Waals surface area contributed by atoms with Crippen LogP contribution in [-0.4, -0.2) is 29.3 Å². The normalized spacial score (nSPS) is 26.8. The summed E-state index contributed by atoms with van der Waals surface area (Å²) in [7, 11) is -4.83. The maximum absolute atomic E-state index is 11.7. The number of benzene rings is 1.